The van der Waals surface area contributed by atoms with E-state index < -0.39 is 0 Å². The van der Waals surface area contributed by atoms with Gasteiger partial charge in [0.25, 0.3) is 5.91 Å². The fourth-order valence-electron chi connectivity index (χ4n) is 2.27. The molecule has 0 aliphatic heterocycles. The first-order valence-corrected chi connectivity index (χ1v) is 8.43. The van der Waals surface area contributed by atoms with Crippen molar-refractivity contribution in [1.29, 1.82) is 0 Å². The highest BCUT2D eigenvalue weighted by Gasteiger charge is 2.15. The van der Waals surface area contributed by atoms with Crippen LogP contribution in [0.25, 0.3) is 16.2 Å². The van der Waals surface area contributed by atoms with Crippen molar-refractivity contribution in [3.8, 4) is 11.3 Å². The van der Waals surface area contributed by atoms with Crippen molar-refractivity contribution in [2.75, 3.05) is 6.54 Å². The van der Waals surface area contributed by atoms with Crippen molar-refractivity contribution < 1.29 is 9.18 Å². The number of amides is 1. The Hall–Kier alpha value is -2.21. The number of carbonyl (C=O) groups excluding carboxylic acids is 1. The molecule has 6 heteroatoms. The third-order valence-electron chi connectivity index (χ3n) is 3.59. The van der Waals surface area contributed by atoms with Crippen molar-refractivity contribution in [2.45, 2.75) is 20.3 Å². The number of imidazole rings is 1. The predicted molar refractivity (Wildman–Crippen MR) is 90.3 cm³/mol. The zero-order valence-electron chi connectivity index (χ0n) is 13.0. The minimum absolute atomic E-state index is 0.0973. The van der Waals surface area contributed by atoms with Crippen LogP contribution in [0.5, 0.6) is 0 Å². The third-order valence-corrected chi connectivity index (χ3v) is 4.43. The van der Waals surface area contributed by atoms with E-state index in [9.17, 15) is 9.18 Å². The fourth-order valence-corrected chi connectivity index (χ4v) is 3.13. The summed E-state index contributed by atoms with van der Waals surface area (Å²) in [4.78, 5) is 17.5. The minimum Gasteiger partial charge on any atom is -0.351 e. The Morgan fingerprint density at radius 3 is 2.78 bits per heavy atom. The number of rotatable bonds is 5. The Bertz CT molecular complexity index is 820. The highest BCUT2D eigenvalue weighted by molar-refractivity contribution is 7.15. The molecule has 0 spiro atoms. The second-order valence-corrected chi connectivity index (χ2v) is 6.68. The van der Waals surface area contributed by atoms with Gasteiger partial charge in [-0.2, -0.15) is 0 Å². The van der Waals surface area contributed by atoms with Gasteiger partial charge < -0.3 is 5.32 Å². The quantitative estimate of drug-likeness (QED) is 0.769. The average molecular weight is 331 g/mol. The third kappa shape index (κ3) is 3.42. The standard InChI is InChI=1S/C17H18FN3OS/c1-11(2)7-8-19-16(22)15-10-23-17-20-14(9-21(15)17)12-3-5-13(18)6-4-12/h3-6,9-11H,7-8H2,1-2H3,(H,19,22). The van der Waals surface area contributed by atoms with Gasteiger partial charge in [-0.1, -0.05) is 13.8 Å². The first kappa shape index (κ1) is 15.7. The Morgan fingerprint density at radius 2 is 2.09 bits per heavy atom. The predicted octanol–water partition coefficient (Wildman–Crippen LogP) is 3.98. The number of benzene rings is 1. The topological polar surface area (TPSA) is 46.4 Å². The molecular formula is C17H18FN3OS. The molecule has 4 nitrogen and oxygen atoms in total. The smallest absolute Gasteiger partial charge is 0.269 e. The molecule has 0 fully saturated rings. The van der Waals surface area contributed by atoms with Gasteiger partial charge in [0.15, 0.2) is 4.96 Å². The van der Waals surface area contributed by atoms with Gasteiger partial charge in [0, 0.05) is 23.7 Å². The molecule has 1 N–H and O–H groups in total. The molecule has 0 saturated carbocycles. The second kappa shape index (κ2) is 6.50. The summed E-state index contributed by atoms with van der Waals surface area (Å²) in [6, 6.07) is 6.18. The van der Waals surface area contributed by atoms with Gasteiger partial charge in [-0.3, -0.25) is 9.20 Å². The van der Waals surface area contributed by atoms with Gasteiger partial charge in [-0.05, 0) is 36.6 Å². The number of thiazole rings is 1. The molecule has 0 radical (unpaired) electrons. The van der Waals surface area contributed by atoms with Crippen LogP contribution in [-0.2, 0) is 0 Å². The summed E-state index contributed by atoms with van der Waals surface area (Å²) in [5.41, 5.74) is 2.14. The Kier molecular flexibility index (Phi) is 4.43. The molecule has 0 aliphatic carbocycles. The van der Waals surface area contributed by atoms with E-state index in [0.717, 1.165) is 22.6 Å². The summed E-state index contributed by atoms with van der Waals surface area (Å²) >= 11 is 1.42. The summed E-state index contributed by atoms with van der Waals surface area (Å²) in [7, 11) is 0. The molecular weight excluding hydrogens is 313 g/mol. The van der Waals surface area contributed by atoms with Crippen molar-refractivity contribution >= 4 is 22.2 Å². The van der Waals surface area contributed by atoms with E-state index in [1.54, 1.807) is 16.5 Å². The van der Waals surface area contributed by atoms with E-state index in [-0.39, 0.29) is 11.7 Å². The molecule has 0 aliphatic rings. The van der Waals surface area contributed by atoms with Gasteiger partial charge in [-0.15, -0.1) is 11.3 Å². The Labute approximate surface area is 138 Å². The molecule has 0 unspecified atom stereocenters. The van der Waals surface area contributed by atoms with Crippen LogP contribution in [0.3, 0.4) is 0 Å². The first-order valence-electron chi connectivity index (χ1n) is 7.55. The molecule has 0 atom stereocenters. The van der Waals surface area contributed by atoms with Gasteiger partial charge in [0.05, 0.1) is 5.69 Å². The summed E-state index contributed by atoms with van der Waals surface area (Å²) in [6.45, 7) is 4.91. The molecule has 0 bridgehead atoms. The van der Waals surface area contributed by atoms with E-state index in [0.29, 0.717) is 18.2 Å². The Balaban J connectivity index is 1.83. The van der Waals surface area contributed by atoms with Gasteiger partial charge >= 0.3 is 0 Å². The zero-order valence-corrected chi connectivity index (χ0v) is 13.9. The molecule has 3 rings (SSSR count). The average Bonchev–Trinajstić information content (AvgIpc) is 3.07. The highest BCUT2D eigenvalue weighted by Crippen LogP contribution is 2.23. The lowest BCUT2D eigenvalue weighted by atomic mass is 10.1. The van der Waals surface area contributed by atoms with Crippen LogP contribution in [0.15, 0.2) is 35.8 Å². The lowest BCUT2D eigenvalue weighted by Gasteiger charge is -2.06. The van der Waals surface area contributed by atoms with E-state index in [1.165, 1.54) is 23.5 Å². The zero-order chi connectivity index (χ0) is 16.4. The second-order valence-electron chi connectivity index (χ2n) is 5.84. The summed E-state index contributed by atoms with van der Waals surface area (Å²) in [6.07, 6.45) is 2.76. The number of halogens is 1. The van der Waals surface area contributed by atoms with E-state index in [4.69, 9.17) is 0 Å². The monoisotopic (exact) mass is 331 g/mol. The largest absolute Gasteiger partial charge is 0.351 e. The number of nitrogens with one attached hydrogen (secondary N) is 1. The van der Waals surface area contributed by atoms with Gasteiger partial charge in [0.1, 0.15) is 11.5 Å². The van der Waals surface area contributed by atoms with E-state index in [1.807, 2.05) is 11.6 Å². The van der Waals surface area contributed by atoms with Crippen molar-refractivity contribution in [1.82, 2.24) is 14.7 Å². The number of hydrogen-bond donors (Lipinski definition) is 1. The van der Waals surface area contributed by atoms with Crippen molar-refractivity contribution in [3.63, 3.8) is 0 Å². The normalized spacial score (nSPS) is 11.3. The van der Waals surface area contributed by atoms with Crippen LogP contribution < -0.4 is 5.32 Å². The summed E-state index contributed by atoms with van der Waals surface area (Å²) in [5, 5.41) is 4.74. The van der Waals surface area contributed by atoms with Crippen LogP contribution in [0.1, 0.15) is 30.8 Å². The van der Waals surface area contributed by atoms with Crippen LogP contribution in [0.4, 0.5) is 4.39 Å². The van der Waals surface area contributed by atoms with Crippen molar-refractivity contribution in [2.24, 2.45) is 5.92 Å². The molecule has 1 aromatic carbocycles. The molecule has 2 aromatic heterocycles. The first-order chi connectivity index (χ1) is 11.0. The Morgan fingerprint density at radius 1 is 1.35 bits per heavy atom. The molecule has 23 heavy (non-hydrogen) atoms. The van der Waals surface area contributed by atoms with Gasteiger partial charge in [0.2, 0.25) is 0 Å². The molecule has 1 amide bonds. The highest BCUT2D eigenvalue weighted by atomic mass is 32.1. The molecule has 2 heterocycles. The number of carbonyl (C=O) groups is 1. The van der Waals surface area contributed by atoms with Crippen LogP contribution in [0.2, 0.25) is 0 Å². The SMILES string of the molecule is CC(C)CCNC(=O)c1csc2nc(-c3ccc(F)cc3)cn12. The van der Waals surface area contributed by atoms with Crippen molar-refractivity contribution in [3.05, 3.63) is 47.4 Å². The summed E-state index contributed by atoms with van der Waals surface area (Å²) in [5.74, 6) is 0.177. The number of hydrogen-bond acceptors (Lipinski definition) is 3. The van der Waals surface area contributed by atoms with Crippen LogP contribution in [-0.4, -0.2) is 21.8 Å². The molecule has 120 valence electrons. The maximum absolute atomic E-state index is 13.0. The fraction of sp³-hybridized carbons (Fsp3) is 0.294. The van der Waals surface area contributed by atoms with E-state index >= 15 is 0 Å². The van der Waals surface area contributed by atoms with Crippen LogP contribution in [0, 0.1) is 11.7 Å². The lowest BCUT2D eigenvalue weighted by molar-refractivity contribution is 0.0946. The van der Waals surface area contributed by atoms with E-state index in [2.05, 4.69) is 24.1 Å². The lowest BCUT2D eigenvalue weighted by Crippen LogP contribution is -2.26. The molecule has 3 aromatic rings. The number of fused-ring (bicyclic) bond motifs is 1. The number of nitrogens with zero attached hydrogens (tertiary/aromatic N) is 2. The number of aromatic nitrogens is 2. The van der Waals surface area contributed by atoms with Gasteiger partial charge in [-0.25, -0.2) is 9.37 Å². The maximum Gasteiger partial charge on any atom is 0.269 e. The summed E-state index contributed by atoms with van der Waals surface area (Å²) < 4.78 is 14.8. The minimum atomic E-state index is -0.278. The molecule has 0 saturated heterocycles. The maximum atomic E-state index is 13.0. The van der Waals surface area contributed by atoms with Crippen LogP contribution >= 0.6 is 11.3 Å².